The zero-order valence-corrected chi connectivity index (χ0v) is 13.5. The number of phenols is 1. The number of phenolic OH excluding ortho intramolecular Hbond substituents is 1. The van der Waals surface area contributed by atoms with E-state index in [-0.39, 0.29) is 28.0 Å². The summed E-state index contributed by atoms with van der Waals surface area (Å²) in [6.07, 6.45) is 2.84. The van der Waals surface area contributed by atoms with Crippen molar-refractivity contribution >= 4 is 29.1 Å². The number of ether oxygens (including phenoxy) is 1. The van der Waals surface area contributed by atoms with E-state index in [0.717, 1.165) is 0 Å². The monoisotopic (exact) mass is 347 g/mol. The lowest BCUT2D eigenvalue weighted by atomic mass is 10.1. The van der Waals surface area contributed by atoms with Crippen LogP contribution < -0.4 is 4.74 Å². The minimum absolute atomic E-state index is 0.0813. The number of carbonyl (C=O) groups excluding carboxylic acids is 1. The fourth-order valence-electron chi connectivity index (χ4n) is 1.97. The average molecular weight is 348 g/mol. The van der Waals surface area contributed by atoms with Gasteiger partial charge in [-0.15, -0.1) is 0 Å². The Morgan fingerprint density at radius 1 is 1.33 bits per heavy atom. The number of halogens is 1. The first kappa shape index (κ1) is 17.5. The molecule has 2 aromatic rings. The van der Waals surface area contributed by atoms with Crippen molar-refractivity contribution in [3.8, 4) is 11.5 Å². The number of nitro groups is 1. The molecule has 0 atom stereocenters. The normalized spacial score (nSPS) is 10.8. The highest BCUT2D eigenvalue weighted by atomic mass is 35.5. The molecule has 0 aliphatic carbocycles. The summed E-state index contributed by atoms with van der Waals surface area (Å²) >= 11 is 5.92. The molecule has 24 heavy (non-hydrogen) atoms. The molecule has 2 rings (SSSR count). The van der Waals surface area contributed by atoms with Crippen molar-refractivity contribution in [1.82, 2.24) is 0 Å². The van der Waals surface area contributed by atoms with Crippen LogP contribution in [0.2, 0.25) is 5.02 Å². The third kappa shape index (κ3) is 4.11. The van der Waals surface area contributed by atoms with Crippen molar-refractivity contribution in [2.24, 2.45) is 0 Å². The van der Waals surface area contributed by atoms with Gasteiger partial charge in [-0.05, 0) is 42.8 Å². The number of allylic oxidation sites excluding steroid dienone is 1. The lowest BCUT2D eigenvalue weighted by molar-refractivity contribution is -0.384. The number of rotatable bonds is 6. The number of carbonyl (C=O) groups is 1. The summed E-state index contributed by atoms with van der Waals surface area (Å²) in [6, 6.07) is 8.38. The van der Waals surface area contributed by atoms with Crippen molar-refractivity contribution in [2.45, 2.75) is 6.92 Å². The number of nitro benzene ring substituents is 1. The molecule has 0 unspecified atom stereocenters. The first-order valence-electron chi connectivity index (χ1n) is 7.04. The van der Waals surface area contributed by atoms with E-state index in [2.05, 4.69) is 0 Å². The summed E-state index contributed by atoms with van der Waals surface area (Å²) in [7, 11) is 0. The van der Waals surface area contributed by atoms with Gasteiger partial charge in [0.05, 0.1) is 16.6 Å². The highest BCUT2D eigenvalue weighted by Crippen LogP contribution is 2.35. The van der Waals surface area contributed by atoms with Crippen LogP contribution in [0.5, 0.6) is 11.5 Å². The van der Waals surface area contributed by atoms with Gasteiger partial charge in [0, 0.05) is 17.7 Å². The molecule has 0 aromatic heterocycles. The van der Waals surface area contributed by atoms with Crippen LogP contribution in [0.15, 0.2) is 42.5 Å². The maximum absolute atomic E-state index is 12.1. The molecule has 0 saturated carbocycles. The Labute approximate surface area is 143 Å². The maximum atomic E-state index is 12.1. The molecule has 124 valence electrons. The third-order valence-corrected chi connectivity index (χ3v) is 3.43. The number of nitrogens with zero attached hydrogens (tertiary/aromatic N) is 1. The van der Waals surface area contributed by atoms with E-state index in [9.17, 15) is 20.0 Å². The largest absolute Gasteiger partial charge is 0.503 e. The summed E-state index contributed by atoms with van der Waals surface area (Å²) in [5.41, 5.74) is 0.825. The van der Waals surface area contributed by atoms with Gasteiger partial charge in [0.2, 0.25) is 0 Å². The second kappa shape index (κ2) is 7.61. The molecule has 0 aliphatic rings. The fraction of sp³-hybridized carbons (Fsp3) is 0.118. The molecule has 0 saturated heterocycles. The van der Waals surface area contributed by atoms with Gasteiger partial charge in [0.25, 0.3) is 5.69 Å². The van der Waals surface area contributed by atoms with Crippen molar-refractivity contribution in [2.75, 3.05) is 6.61 Å². The molecule has 0 fully saturated rings. The smallest absolute Gasteiger partial charge is 0.269 e. The predicted molar refractivity (Wildman–Crippen MR) is 90.7 cm³/mol. The minimum Gasteiger partial charge on any atom is -0.503 e. The van der Waals surface area contributed by atoms with Crippen LogP contribution in [0, 0.1) is 10.1 Å². The van der Waals surface area contributed by atoms with Crippen molar-refractivity contribution in [3.63, 3.8) is 0 Å². The van der Waals surface area contributed by atoms with Crippen LogP contribution in [-0.4, -0.2) is 22.4 Å². The Balaban J connectivity index is 2.20. The fourth-order valence-corrected chi connectivity index (χ4v) is 2.19. The maximum Gasteiger partial charge on any atom is 0.269 e. The van der Waals surface area contributed by atoms with Crippen LogP contribution in [-0.2, 0) is 0 Å². The molecular formula is C17H14ClNO5. The molecule has 0 heterocycles. The Hall–Kier alpha value is -2.86. The van der Waals surface area contributed by atoms with Gasteiger partial charge in [-0.25, -0.2) is 0 Å². The third-order valence-electron chi connectivity index (χ3n) is 3.14. The number of non-ortho nitro benzene ring substituents is 1. The Kier molecular flexibility index (Phi) is 5.55. The van der Waals surface area contributed by atoms with Crippen LogP contribution in [0.3, 0.4) is 0 Å². The summed E-state index contributed by atoms with van der Waals surface area (Å²) in [5, 5.41) is 20.5. The van der Waals surface area contributed by atoms with Crippen LogP contribution in [0.1, 0.15) is 22.8 Å². The molecule has 0 spiro atoms. The topological polar surface area (TPSA) is 89.7 Å². The molecular weight excluding hydrogens is 334 g/mol. The van der Waals surface area contributed by atoms with E-state index < -0.39 is 4.92 Å². The van der Waals surface area contributed by atoms with Gasteiger partial charge in [-0.1, -0.05) is 17.7 Å². The quantitative estimate of drug-likeness (QED) is 0.365. The molecule has 0 aliphatic heterocycles. The molecule has 2 aromatic carbocycles. The van der Waals surface area contributed by atoms with Gasteiger partial charge >= 0.3 is 0 Å². The zero-order chi connectivity index (χ0) is 17.7. The molecule has 1 N–H and O–H groups in total. The van der Waals surface area contributed by atoms with Gasteiger partial charge < -0.3 is 9.84 Å². The lowest BCUT2D eigenvalue weighted by Crippen LogP contribution is -1.95. The van der Waals surface area contributed by atoms with E-state index in [1.54, 1.807) is 13.0 Å². The lowest BCUT2D eigenvalue weighted by Gasteiger charge is -2.08. The Morgan fingerprint density at radius 2 is 2.00 bits per heavy atom. The first-order chi connectivity index (χ1) is 11.4. The summed E-state index contributed by atoms with van der Waals surface area (Å²) in [5.74, 6) is -0.239. The molecule has 7 heteroatoms. The van der Waals surface area contributed by atoms with Crippen LogP contribution in [0.4, 0.5) is 5.69 Å². The van der Waals surface area contributed by atoms with E-state index >= 15 is 0 Å². The number of aromatic hydroxyl groups is 1. The standard InChI is InChI=1S/C17H14ClNO5/c1-2-24-16-10-11(9-14(18)17(16)21)3-8-15(20)12-4-6-13(7-5-12)19(22)23/h3-10,21H,2H2,1H3. The summed E-state index contributed by atoms with van der Waals surface area (Å²) in [4.78, 5) is 22.2. The van der Waals surface area contributed by atoms with Crippen LogP contribution >= 0.6 is 11.6 Å². The van der Waals surface area contributed by atoms with E-state index in [4.69, 9.17) is 16.3 Å². The van der Waals surface area contributed by atoms with E-state index in [0.29, 0.717) is 17.7 Å². The zero-order valence-electron chi connectivity index (χ0n) is 12.7. The number of hydrogen-bond acceptors (Lipinski definition) is 5. The van der Waals surface area contributed by atoms with Crippen LogP contribution in [0.25, 0.3) is 6.08 Å². The van der Waals surface area contributed by atoms with Gasteiger partial charge in [0.1, 0.15) is 0 Å². The average Bonchev–Trinajstić information content (AvgIpc) is 2.57. The highest BCUT2D eigenvalue weighted by molar-refractivity contribution is 6.32. The first-order valence-corrected chi connectivity index (χ1v) is 7.42. The van der Waals surface area contributed by atoms with Gasteiger partial charge in [-0.3, -0.25) is 14.9 Å². The molecule has 0 bridgehead atoms. The predicted octanol–water partition coefficient (Wildman–Crippen LogP) is 4.25. The van der Waals surface area contributed by atoms with E-state index in [1.807, 2.05) is 0 Å². The molecule has 0 amide bonds. The minimum atomic E-state index is -0.530. The SMILES string of the molecule is CCOc1cc(C=CC(=O)c2ccc([N+](=O)[O-])cc2)cc(Cl)c1O. The summed E-state index contributed by atoms with van der Waals surface area (Å²) < 4.78 is 5.27. The number of benzene rings is 2. The Morgan fingerprint density at radius 3 is 2.58 bits per heavy atom. The van der Waals surface area contributed by atoms with Crippen molar-refractivity contribution < 1.29 is 19.6 Å². The number of hydrogen-bond donors (Lipinski definition) is 1. The summed E-state index contributed by atoms with van der Waals surface area (Å²) in [6.45, 7) is 2.13. The second-order valence-corrected chi connectivity index (χ2v) is 5.19. The highest BCUT2D eigenvalue weighted by Gasteiger charge is 2.10. The molecule has 6 nitrogen and oxygen atoms in total. The van der Waals surface area contributed by atoms with Crippen molar-refractivity contribution in [1.29, 1.82) is 0 Å². The molecule has 0 radical (unpaired) electrons. The Bertz CT molecular complexity index is 799. The van der Waals surface area contributed by atoms with Crippen molar-refractivity contribution in [3.05, 3.63) is 68.7 Å². The van der Waals surface area contributed by atoms with E-state index in [1.165, 1.54) is 42.5 Å². The van der Waals surface area contributed by atoms with Gasteiger partial charge in [0.15, 0.2) is 17.3 Å². The second-order valence-electron chi connectivity index (χ2n) is 4.78. The van der Waals surface area contributed by atoms with Gasteiger partial charge in [-0.2, -0.15) is 0 Å². The number of ketones is 1.